The lowest BCUT2D eigenvalue weighted by Crippen LogP contribution is -2.42. The van der Waals surface area contributed by atoms with Gasteiger partial charge in [0.25, 0.3) is 5.91 Å². The highest BCUT2D eigenvalue weighted by Crippen LogP contribution is 2.21. The summed E-state index contributed by atoms with van der Waals surface area (Å²) in [7, 11) is 3.34. The van der Waals surface area contributed by atoms with Crippen molar-refractivity contribution in [2.75, 3.05) is 47.1 Å². The van der Waals surface area contributed by atoms with E-state index in [0.717, 1.165) is 32.5 Å². The van der Waals surface area contributed by atoms with Gasteiger partial charge in [-0.2, -0.15) is 0 Å². The van der Waals surface area contributed by atoms with E-state index in [2.05, 4.69) is 19.2 Å². The third-order valence-corrected chi connectivity index (χ3v) is 4.96. The highest BCUT2D eigenvalue weighted by atomic mass is 16.5. The van der Waals surface area contributed by atoms with Crippen LogP contribution in [-0.2, 0) is 19.0 Å². The Kier molecular flexibility index (Phi) is 8.78. The molecule has 1 amide bonds. The first kappa shape index (κ1) is 21.1. The molecule has 6 heteroatoms. The third-order valence-electron chi connectivity index (χ3n) is 4.96. The summed E-state index contributed by atoms with van der Waals surface area (Å²) in [6.07, 6.45) is 7.23. The molecule has 0 spiro atoms. The monoisotopic (exact) mass is 366 g/mol. The minimum atomic E-state index is -0.247. The molecular weight excluding hydrogens is 332 g/mol. The van der Waals surface area contributed by atoms with E-state index in [0.29, 0.717) is 24.7 Å². The highest BCUT2D eigenvalue weighted by molar-refractivity contribution is 5.96. The summed E-state index contributed by atoms with van der Waals surface area (Å²) in [5.74, 6) is 0.602. The van der Waals surface area contributed by atoms with Crippen LogP contribution in [0.2, 0.25) is 0 Å². The number of carbonyl (C=O) groups excluding carboxylic acids is 1. The van der Waals surface area contributed by atoms with Gasteiger partial charge in [-0.25, -0.2) is 0 Å². The fourth-order valence-electron chi connectivity index (χ4n) is 3.40. The van der Waals surface area contributed by atoms with Gasteiger partial charge in [0.05, 0.1) is 0 Å². The van der Waals surface area contributed by atoms with Crippen LogP contribution in [0.1, 0.15) is 26.7 Å². The predicted octanol–water partition coefficient (Wildman–Crippen LogP) is 1.77. The topological polar surface area (TPSA) is 60.0 Å². The number of rotatable bonds is 10. The summed E-state index contributed by atoms with van der Waals surface area (Å²) < 4.78 is 16.5. The van der Waals surface area contributed by atoms with E-state index in [-0.39, 0.29) is 24.2 Å². The van der Waals surface area contributed by atoms with Crippen LogP contribution in [0.4, 0.5) is 0 Å². The van der Waals surface area contributed by atoms with Gasteiger partial charge in [-0.1, -0.05) is 12.2 Å². The Morgan fingerprint density at radius 3 is 2.73 bits per heavy atom. The van der Waals surface area contributed by atoms with E-state index in [1.807, 2.05) is 23.1 Å². The van der Waals surface area contributed by atoms with Crippen molar-refractivity contribution < 1.29 is 19.0 Å². The summed E-state index contributed by atoms with van der Waals surface area (Å²) in [5.41, 5.74) is 0.690. The molecule has 1 heterocycles. The number of ether oxygens (including phenoxy) is 3. The molecule has 6 nitrogen and oxygen atoms in total. The van der Waals surface area contributed by atoms with Crippen LogP contribution >= 0.6 is 0 Å². The SMILES string of the molecule is COCCCOC1C=C(C(=O)N(CC2CCNC2)C(C)C)C=CC1OC. The van der Waals surface area contributed by atoms with E-state index >= 15 is 0 Å². The molecule has 0 radical (unpaired) electrons. The van der Waals surface area contributed by atoms with Gasteiger partial charge in [0.15, 0.2) is 0 Å². The van der Waals surface area contributed by atoms with Gasteiger partial charge in [-0.05, 0) is 51.8 Å². The van der Waals surface area contributed by atoms with E-state index in [9.17, 15) is 4.79 Å². The lowest BCUT2D eigenvalue weighted by molar-refractivity contribution is -0.129. The lowest BCUT2D eigenvalue weighted by Gasteiger charge is -2.31. The average Bonchev–Trinajstić information content (AvgIpc) is 3.15. The maximum atomic E-state index is 13.1. The minimum absolute atomic E-state index is 0.0724. The van der Waals surface area contributed by atoms with Gasteiger partial charge in [0.1, 0.15) is 12.2 Å². The number of hydrogen-bond donors (Lipinski definition) is 1. The summed E-state index contributed by atoms with van der Waals surface area (Å²) in [6.45, 7) is 8.20. The Balaban J connectivity index is 2.03. The molecule has 0 aromatic heterocycles. The summed E-state index contributed by atoms with van der Waals surface area (Å²) in [5, 5.41) is 3.38. The van der Waals surface area contributed by atoms with Crippen LogP contribution in [0.15, 0.2) is 23.8 Å². The zero-order valence-electron chi connectivity index (χ0n) is 16.6. The third kappa shape index (κ3) is 5.91. The van der Waals surface area contributed by atoms with Gasteiger partial charge in [-0.15, -0.1) is 0 Å². The van der Waals surface area contributed by atoms with Gasteiger partial charge < -0.3 is 24.4 Å². The largest absolute Gasteiger partial charge is 0.385 e. The van der Waals surface area contributed by atoms with Crippen molar-refractivity contribution in [1.29, 1.82) is 0 Å². The van der Waals surface area contributed by atoms with Gasteiger partial charge in [0.2, 0.25) is 0 Å². The fourth-order valence-corrected chi connectivity index (χ4v) is 3.40. The van der Waals surface area contributed by atoms with Crippen molar-refractivity contribution in [3.63, 3.8) is 0 Å². The molecule has 3 unspecified atom stereocenters. The minimum Gasteiger partial charge on any atom is -0.385 e. The first-order chi connectivity index (χ1) is 12.6. The molecule has 1 aliphatic heterocycles. The van der Waals surface area contributed by atoms with Crippen molar-refractivity contribution in [1.82, 2.24) is 10.2 Å². The summed E-state index contributed by atoms with van der Waals surface area (Å²) in [6, 6.07) is 0.165. The molecule has 2 aliphatic rings. The normalized spacial score (nSPS) is 25.6. The molecule has 148 valence electrons. The first-order valence-electron chi connectivity index (χ1n) is 9.61. The Hall–Kier alpha value is -1.21. The van der Waals surface area contributed by atoms with Crippen molar-refractivity contribution >= 4 is 5.91 Å². The fraction of sp³-hybridized carbons (Fsp3) is 0.750. The molecule has 1 aliphatic carbocycles. The first-order valence-corrected chi connectivity index (χ1v) is 9.61. The van der Waals surface area contributed by atoms with Crippen molar-refractivity contribution in [2.45, 2.75) is 44.9 Å². The maximum Gasteiger partial charge on any atom is 0.253 e. The van der Waals surface area contributed by atoms with Crippen LogP contribution in [0.3, 0.4) is 0 Å². The quantitative estimate of drug-likeness (QED) is 0.597. The average molecular weight is 367 g/mol. The standard InChI is InChI=1S/C20H34N2O4/c1-15(2)22(14-16-8-9-21-13-16)20(23)17-6-7-18(25-4)19(12-17)26-11-5-10-24-3/h6-7,12,15-16,18-19,21H,5,8-11,13-14H2,1-4H3. The zero-order valence-corrected chi connectivity index (χ0v) is 16.6. The zero-order chi connectivity index (χ0) is 18.9. The molecule has 0 saturated carbocycles. The lowest BCUT2D eigenvalue weighted by atomic mass is 9.99. The predicted molar refractivity (Wildman–Crippen MR) is 102 cm³/mol. The Labute approximate surface area is 157 Å². The van der Waals surface area contributed by atoms with Gasteiger partial charge >= 0.3 is 0 Å². The number of amides is 1. The van der Waals surface area contributed by atoms with E-state index in [1.54, 1.807) is 14.2 Å². The number of carbonyl (C=O) groups is 1. The molecule has 0 aromatic carbocycles. The number of nitrogens with zero attached hydrogens (tertiary/aromatic N) is 1. The molecule has 26 heavy (non-hydrogen) atoms. The van der Waals surface area contributed by atoms with E-state index < -0.39 is 0 Å². The summed E-state index contributed by atoms with van der Waals surface area (Å²) >= 11 is 0. The van der Waals surface area contributed by atoms with Crippen LogP contribution in [0.25, 0.3) is 0 Å². The molecule has 0 bridgehead atoms. The van der Waals surface area contributed by atoms with E-state index in [1.165, 1.54) is 0 Å². The molecule has 1 fully saturated rings. The number of methoxy groups -OCH3 is 2. The van der Waals surface area contributed by atoms with Gasteiger partial charge in [0, 0.05) is 45.6 Å². The van der Waals surface area contributed by atoms with Crippen LogP contribution < -0.4 is 5.32 Å². The van der Waals surface area contributed by atoms with E-state index in [4.69, 9.17) is 14.2 Å². The second kappa shape index (κ2) is 10.8. The van der Waals surface area contributed by atoms with Crippen LogP contribution in [0, 0.1) is 5.92 Å². The highest BCUT2D eigenvalue weighted by Gasteiger charge is 2.29. The molecular formula is C20H34N2O4. The molecule has 0 aromatic rings. The Morgan fingerprint density at radius 1 is 1.31 bits per heavy atom. The molecule has 3 atom stereocenters. The summed E-state index contributed by atoms with van der Waals surface area (Å²) in [4.78, 5) is 15.1. The second-order valence-corrected chi connectivity index (χ2v) is 7.27. The van der Waals surface area contributed by atoms with Gasteiger partial charge in [-0.3, -0.25) is 4.79 Å². The number of nitrogens with one attached hydrogen (secondary N) is 1. The molecule has 2 rings (SSSR count). The maximum absolute atomic E-state index is 13.1. The van der Waals surface area contributed by atoms with Crippen molar-refractivity contribution in [3.8, 4) is 0 Å². The number of hydrogen-bond acceptors (Lipinski definition) is 5. The van der Waals surface area contributed by atoms with Crippen LogP contribution in [-0.4, -0.2) is 76.1 Å². The van der Waals surface area contributed by atoms with Crippen LogP contribution in [0.5, 0.6) is 0 Å². The second-order valence-electron chi connectivity index (χ2n) is 7.27. The molecule has 1 N–H and O–H groups in total. The smallest absolute Gasteiger partial charge is 0.253 e. The Morgan fingerprint density at radius 2 is 2.12 bits per heavy atom. The van der Waals surface area contributed by atoms with Crippen molar-refractivity contribution in [3.05, 3.63) is 23.8 Å². The molecule has 1 saturated heterocycles. The van der Waals surface area contributed by atoms with Crippen molar-refractivity contribution in [2.24, 2.45) is 5.92 Å². The Bertz CT molecular complexity index is 498.